The molecule has 0 saturated carbocycles. The minimum atomic E-state index is -0.484. The maximum absolute atomic E-state index is 10.6. The molecule has 0 aliphatic heterocycles. The van der Waals surface area contributed by atoms with Crippen molar-refractivity contribution < 1.29 is 9.66 Å². The van der Waals surface area contributed by atoms with Crippen LogP contribution in [0.4, 0.5) is 51.8 Å². The first-order valence-electron chi connectivity index (χ1n) is 27.3. The summed E-state index contributed by atoms with van der Waals surface area (Å²) >= 11 is 13.7. The molecule has 0 radical (unpaired) electrons. The van der Waals surface area contributed by atoms with Crippen molar-refractivity contribution in [3.05, 3.63) is 283 Å². The Morgan fingerprint density at radius 1 is 0.582 bits per heavy atom. The lowest BCUT2D eigenvalue weighted by Gasteiger charge is -2.08. The molecule has 0 aliphatic rings. The van der Waals surface area contributed by atoms with E-state index in [-0.39, 0.29) is 11.2 Å². The van der Waals surface area contributed by atoms with Gasteiger partial charge in [0.05, 0.1) is 36.2 Å². The van der Waals surface area contributed by atoms with E-state index < -0.39 is 4.92 Å². The standard InChI is InChI=1S/C14H15ClN2O.C8H11N.2C7H7N3.C6H5ClIN.C6H7N3O2.2C6H8N2.C6H7NO/c1-10-7-12(9-17-14(10)15)16-8-11-3-5-13(18-2)6-4-11;1-7-2-4-8(6-9)5-3-7;1-5-3-7(8)10-4-6(5)9-2;1-5-3-6(8)4-10-7(5)9-2;1-4-2-5(8)3-9-6(4)7;1-4-2-6(7)8-3-5(4)9(10)11;2*1-5-2-3-8-6(7)4-5;1-5-3-2-4-7-6(5)8/h3-7,9,16H,8H2,1-2H3;2-5H,6,9H2,1H3;3-4H,1H3,(H2,8,10);3-4H,8H2,1H3;2-3H,1H3;2-3H,1H3,(H2,7,8);2*2-4H,1H3,(H2,7,8);2-4H,1H3,(H,7,8). The van der Waals surface area contributed by atoms with Crippen LogP contribution < -0.4 is 50.0 Å². The fourth-order valence-corrected chi connectivity index (χ4v) is 7.44. The van der Waals surface area contributed by atoms with Crippen molar-refractivity contribution in [2.24, 2.45) is 5.73 Å². The normalized spacial score (nSPS) is 9.41. The van der Waals surface area contributed by atoms with Crippen molar-refractivity contribution in [2.45, 2.75) is 75.4 Å². The third-order valence-corrected chi connectivity index (χ3v) is 13.0. The molecule has 25 heteroatoms. The van der Waals surface area contributed by atoms with Gasteiger partial charge in [0, 0.05) is 58.8 Å². The second kappa shape index (κ2) is 41.8. The van der Waals surface area contributed by atoms with Gasteiger partial charge in [0.2, 0.25) is 5.69 Å². The summed E-state index contributed by atoms with van der Waals surface area (Å²) in [5.41, 5.74) is 45.3. The van der Waals surface area contributed by atoms with Crippen LogP contribution in [-0.2, 0) is 13.1 Å². The third-order valence-electron chi connectivity index (χ3n) is 11.6. The zero-order chi connectivity index (χ0) is 68.0. The van der Waals surface area contributed by atoms with E-state index in [0.717, 1.165) is 66.7 Å². The molecule has 10 aromatic rings. The Labute approximate surface area is 554 Å². The van der Waals surface area contributed by atoms with Crippen LogP contribution in [0.15, 0.2) is 170 Å². The number of nitrogens with zero attached hydrogens (tertiary/aromatic N) is 10. The predicted molar refractivity (Wildman–Crippen MR) is 378 cm³/mol. The van der Waals surface area contributed by atoms with E-state index in [1.54, 1.807) is 76.2 Å². The zero-order valence-electron chi connectivity index (χ0n) is 52.2. The van der Waals surface area contributed by atoms with Gasteiger partial charge in [0.1, 0.15) is 51.7 Å². The number of rotatable bonds is 6. The number of nitrogen functional groups attached to an aromatic ring is 5. The fraction of sp³-hybridized carbons (Fsp3) is 0.182. The average molecular weight is 1380 g/mol. The molecule has 8 aromatic heterocycles. The van der Waals surface area contributed by atoms with Crippen molar-refractivity contribution in [1.82, 2.24) is 39.9 Å². The SMILES string of the molecule is COc1ccc(CNc2cnc(Cl)c(C)c2)cc1.Cc1cc(I)cnc1Cl.Cc1cc(N)ncc1[N+](=O)[O-].Cc1ccc(CN)cc1.Cc1ccc[nH]c1=O.Cc1ccnc(N)c1.Cc1ccnc(N)c1.[C-]#[N+]c1cnc(N)cc1C.[C-]#[N+]c1ncc(N)cc1C. The highest BCUT2D eigenvalue weighted by Gasteiger charge is 2.10. The van der Waals surface area contributed by atoms with Crippen molar-refractivity contribution in [2.75, 3.05) is 41.1 Å². The number of aryl methyl sites for hydroxylation is 9. The van der Waals surface area contributed by atoms with Crippen LogP contribution in [0.3, 0.4) is 0 Å². The minimum absolute atomic E-state index is 0.000741. The molecule has 474 valence electrons. The van der Waals surface area contributed by atoms with E-state index in [9.17, 15) is 14.9 Å². The fourth-order valence-electron chi connectivity index (χ4n) is 6.63. The molecule has 14 N–H and O–H groups in total. The lowest BCUT2D eigenvalue weighted by Crippen LogP contribution is -2.06. The lowest BCUT2D eigenvalue weighted by atomic mass is 10.2. The number of ether oxygens (including phenoxy) is 1. The van der Waals surface area contributed by atoms with Gasteiger partial charge in [0.15, 0.2) is 0 Å². The van der Waals surface area contributed by atoms with Crippen molar-refractivity contribution in [1.29, 1.82) is 0 Å². The Bertz CT molecular complexity index is 3880. The Morgan fingerprint density at radius 2 is 1.12 bits per heavy atom. The maximum atomic E-state index is 10.6. The first kappa shape index (κ1) is 76.8. The number of aromatic amines is 1. The summed E-state index contributed by atoms with van der Waals surface area (Å²) in [6.07, 6.45) is 12.6. The van der Waals surface area contributed by atoms with Crippen LogP contribution in [0.2, 0.25) is 10.3 Å². The van der Waals surface area contributed by atoms with Gasteiger partial charge in [-0.15, -0.1) is 4.98 Å². The molecule has 0 atom stereocenters. The summed E-state index contributed by atoms with van der Waals surface area (Å²) in [6.45, 7) is 31.7. The third kappa shape index (κ3) is 32.0. The Kier molecular flexibility index (Phi) is 35.2. The maximum Gasteiger partial charge on any atom is 0.290 e. The number of nitrogens with one attached hydrogen (secondary N) is 2. The van der Waals surface area contributed by atoms with Crippen LogP contribution in [-0.4, -0.2) is 51.9 Å². The molecule has 0 fully saturated rings. The van der Waals surface area contributed by atoms with E-state index in [0.29, 0.717) is 62.9 Å². The van der Waals surface area contributed by atoms with E-state index in [4.69, 9.17) is 75.5 Å². The van der Waals surface area contributed by atoms with Gasteiger partial charge < -0.3 is 54.3 Å². The van der Waals surface area contributed by atoms with Crippen molar-refractivity contribution in [3.8, 4) is 5.75 Å². The molecule has 0 unspecified atom stereocenters. The molecule has 22 nitrogen and oxygen atoms in total. The molecule has 0 saturated heterocycles. The molecular weight excluding hydrogens is 1310 g/mol. The molecule has 91 heavy (non-hydrogen) atoms. The average Bonchev–Trinajstić information content (AvgIpc) is 2.65. The van der Waals surface area contributed by atoms with E-state index in [1.165, 1.54) is 35.2 Å². The summed E-state index contributed by atoms with van der Waals surface area (Å²) in [7, 11) is 1.66. The Morgan fingerprint density at radius 3 is 1.54 bits per heavy atom. The van der Waals surface area contributed by atoms with Crippen molar-refractivity contribution in [3.63, 3.8) is 0 Å². The predicted octanol–water partition coefficient (Wildman–Crippen LogP) is 14.3. The highest BCUT2D eigenvalue weighted by atomic mass is 127. The monoisotopic (exact) mass is 1380 g/mol. The van der Waals surface area contributed by atoms with Gasteiger partial charge in [-0.3, -0.25) is 19.9 Å². The number of pyridine rings is 8. The minimum Gasteiger partial charge on any atom is -0.497 e. The van der Waals surface area contributed by atoms with E-state index >= 15 is 0 Å². The van der Waals surface area contributed by atoms with E-state index in [1.807, 2.05) is 102 Å². The topological polar surface area (TPSA) is 352 Å². The van der Waals surface area contributed by atoms with Gasteiger partial charge in [-0.2, -0.15) is 0 Å². The number of H-pyrrole nitrogens is 1. The molecule has 0 bridgehead atoms. The second-order valence-corrected chi connectivity index (χ2v) is 21.3. The molecule has 0 spiro atoms. The smallest absolute Gasteiger partial charge is 0.290 e. The summed E-state index contributed by atoms with van der Waals surface area (Å²) < 4.78 is 6.24. The number of hydrogen-bond donors (Lipinski definition) is 8. The number of nitrogens with two attached hydrogens (primary N) is 6. The number of aromatic nitrogens is 8. The van der Waals surface area contributed by atoms with Gasteiger partial charge in [-0.25, -0.2) is 29.8 Å². The second-order valence-electron chi connectivity index (χ2n) is 19.4. The zero-order valence-corrected chi connectivity index (χ0v) is 55.9. The molecular formula is C66H75Cl2IN18O4. The van der Waals surface area contributed by atoms with Crippen LogP contribution in [0.5, 0.6) is 5.75 Å². The largest absolute Gasteiger partial charge is 0.497 e. The summed E-state index contributed by atoms with van der Waals surface area (Å²) in [6, 6.07) is 36.1. The van der Waals surface area contributed by atoms with Crippen molar-refractivity contribution >= 4 is 97.6 Å². The number of hydrogen-bond acceptors (Lipinski definition) is 18. The molecule has 0 amide bonds. The quantitative estimate of drug-likeness (QED) is 0.0252. The highest BCUT2D eigenvalue weighted by Crippen LogP contribution is 2.21. The van der Waals surface area contributed by atoms with Crippen LogP contribution in [0.1, 0.15) is 61.2 Å². The lowest BCUT2D eigenvalue weighted by molar-refractivity contribution is -0.385. The highest BCUT2D eigenvalue weighted by molar-refractivity contribution is 14.1. The van der Waals surface area contributed by atoms with E-state index in [2.05, 4.69) is 109 Å². The summed E-state index contributed by atoms with van der Waals surface area (Å²) in [4.78, 5) is 56.2. The first-order chi connectivity index (χ1) is 43.2. The Balaban J connectivity index is 0.000000354. The Hall–Kier alpha value is -10.3. The number of anilines is 6. The van der Waals surface area contributed by atoms with Crippen LogP contribution >= 0.6 is 45.8 Å². The first-order valence-corrected chi connectivity index (χ1v) is 29.1. The molecule has 10 rings (SSSR count). The number of benzene rings is 2. The number of halogens is 3. The van der Waals surface area contributed by atoms with Gasteiger partial charge >= 0.3 is 0 Å². The van der Waals surface area contributed by atoms with Crippen LogP contribution in [0, 0.1) is 89.1 Å². The number of nitro groups is 1. The summed E-state index contributed by atoms with van der Waals surface area (Å²) in [5, 5.41) is 14.7. The molecule has 8 heterocycles. The number of methoxy groups -OCH3 is 1. The van der Waals surface area contributed by atoms with Crippen LogP contribution in [0.25, 0.3) is 9.69 Å². The van der Waals surface area contributed by atoms with Gasteiger partial charge in [-0.05, 0) is 202 Å². The van der Waals surface area contributed by atoms with Gasteiger partial charge in [-0.1, -0.05) is 77.8 Å². The molecule has 2 aromatic carbocycles. The van der Waals surface area contributed by atoms with Gasteiger partial charge in [0.25, 0.3) is 17.1 Å². The summed E-state index contributed by atoms with van der Waals surface area (Å²) in [5.74, 6) is 3.23. The molecule has 0 aliphatic carbocycles.